The van der Waals surface area contributed by atoms with Gasteiger partial charge in [0.15, 0.2) is 0 Å². The molecule has 2 rings (SSSR count). The molecule has 8 heteroatoms. The molecule has 2 aromatic rings. The van der Waals surface area contributed by atoms with Gasteiger partial charge in [-0.1, -0.05) is 19.1 Å². The average Bonchev–Trinajstić information content (AvgIpc) is 2.93. The molecule has 1 N–H and O–H groups in total. The van der Waals surface area contributed by atoms with Gasteiger partial charge in [-0.2, -0.15) is 0 Å². The van der Waals surface area contributed by atoms with Gasteiger partial charge in [-0.05, 0) is 31.4 Å². The highest BCUT2D eigenvalue weighted by Crippen LogP contribution is 2.29. The monoisotopic (exact) mass is 372 g/mol. The summed E-state index contributed by atoms with van der Waals surface area (Å²) in [6, 6.07) is 5.26. The summed E-state index contributed by atoms with van der Waals surface area (Å²) in [5.74, 6) is 0.192. The highest BCUT2D eigenvalue weighted by atomic mass is 35.5. The largest absolute Gasteiger partial charge is 0.449 e. The highest BCUT2D eigenvalue weighted by Gasteiger charge is 2.19. The predicted octanol–water partition coefficient (Wildman–Crippen LogP) is 3.58. The minimum atomic E-state index is -3.54. The molecule has 132 valence electrons. The van der Waals surface area contributed by atoms with Gasteiger partial charge in [0.25, 0.3) is 0 Å². The Morgan fingerprint density at radius 3 is 2.71 bits per heavy atom. The van der Waals surface area contributed by atoms with Crippen LogP contribution < -0.4 is 4.72 Å². The van der Waals surface area contributed by atoms with Crippen LogP contribution in [-0.2, 0) is 21.2 Å². The lowest BCUT2D eigenvalue weighted by molar-refractivity contribution is 0.155. The zero-order chi connectivity index (χ0) is 17.7. The van der Waals surface area contributed by atoms with E-state index in [0.717, 1.165) is 10.9 Å². The quantitative estimate of drug-likeness (QED) is 0.753. The zero-order valence-corrected chi connectivity index (χ0v) is 15.3. The number of alkyl halides is 1. The first-order valence-corrected chi connectivity index (χ1v) is 9.98. The standard InChI is InChI=1S/C16H21ClN2O4S/c1-3-12-11-19(16(20)23-4-2)15-13(12)7-5-8-14(15)18-24(21,22)10-6-9-17/h5,7-8,11,18H,3-4,6,9-10H2,1-2H3. The first-order valence-electron chi connectivity index (χ1n) is 7.80. The summed E-state index contributed by atoms with van der Waals surface area (Å²) in [7, 11) is -3.54. The first kappa shape index (κ1) is 18.6. The molecular weight excluding hydrogens is 352 g/mol. The van der Waals surface area contributed by atoms with Crippen LogP contribution in [0.25, 0.3) is 10.9 Å². The van der Waals surface area contributed by atoms with Crippen molar-refractivity contribution in [2.24, 2.45) is 0 Å². The SMILES string of the molecule is CCOC(=O)n1cc(CC)c2cccc(NS(=O)(=O)CCCCl)c21. The van der Waals surface area contributed by atoms with Crippen molar-refractivity contribution < 1.29 is 17.9 Å². The number of hydrogen-bond acceptors (Lipinski definition) is 4. The number of carbonyl (C=O) groups excluding carboxylic acids is 1. The summed E-state index contributed by atoms with van der Waals surface area (Å²) in [6.45, 7) is 3.94. The van der Waals surface area contributed by atoms with Gasteiger partial charge in [0.1, 0.15) is 0 Å². The lowest BCUT2D eigenvalue weighted by atomic mass is 10.1. The van der Waals surface area contributed by atoms with Gasteiger partial charge >= 0.3 is 6.09 Å². The van der Waals surface area contributed by atoms with Crippen molar-refractivity contribution >= 4 is 44.3 Å². The lowest BCUT2D eigenvalue weighted by Crippen LogP contribution is -2.19. The molecule has 1 aromatic heterocycles. The summed E-state index contributed by atoms with van der Waals surface area (Å²) < 4.78 is 33.4. The molecule has 0 aliphatic heterocycles. The average molecular weight is 373 g/mol. The van der Waals surface area contributed by atoms with Crippen molar-refractivity contribution in [3.8, 4) is 0 Å². The second kappa shape index (κ2) is 7.90. The van der Waals surface area contributed by atoms with Crippen LogP contribution >= 0.6 is 11.6 Å². The van der Waals surface area contributed by atoms with Crippen LogP contribution in [0.4, 0.5) is 10.5 Å². The molecule has 0 spiro atoms. The van der Waals surface area contributed by atoms with Gasteiger partial charge in [0.2, 0.25) is 10.0 Å². The van der Waals surface area contributed by atoms with E-state index in [-0.39, 0.29) is 18.2 Å². The summed E-state index contributed by atoms with van der Waals surface area (Å²) >= 11 is 5.57. The van der Waals surface area contributed by atoms with E-state index in [4.69, 9.17) is 16.3 Å². The van der Waals surface area contributed by atoms with E-state index in [0.29, 0.717) is 24.0 Å². The molecule has 0 unspecified atom stereocenters. The Kier molecular flexibility index (Phi) is 6.12. The Hall–Kier alpha value is -1.73. The minimum Gasteiger partial charge on any atom is -0.449 e. The van der Waals surface area contributed by atoms with Crippen molar-refractivity contribution in [1.82, 2.24) is 4.57 Å². The molecule has 0 atom stereocenters. The number of anilines is 1. The smallest absolute Gasteiger partial charge is 0.418 e. The molecule has 0 saturated heterocycles. The van der Waals surface area contributed by atoms with Crippen molar-refractivity contribution in [2.45, 2.75) is 26.7 Å². The summed E-state index contributed by atoms with van der Waals surface area (Å²) in [4.78, 5) is 12.2. The van der Waals surface area contributed by atoms with Crippen LogP contribution in [0.1, 0.15) is 25.8 Å². The third-order valence-corrected chi connectivity index (χ3v) is 5.19. The molecule has 0 bridgehead atoms. The van der Waals surface area contributed by atoms with Crippen LogP contribution in [0, 0.1) is 0 Å². The Bertz CT molecular complexity index is 830. The number of para-hydroxylation sites is 1. The number of rotatable bonds is 7. The van der Waals surface area contributed by atoms with Crippen LogP contribution in [0.5, 0.6) is 0 Å². The number of nitrogens with one attached hydrogen (secondary N) is 1. The zero-order valence-electron chi connectivity index (χ0n) is 13.7. The van der Waals surface area contributed by atoms with Crippen LogP contribution in [0.2, 0.25) is 0 Å². The van der Waals surface area contributed by atoms with Crippen LogP contribution in [0.15, 0.2) is 24.4 Å². The van der Waals surface area contributed by atoms with Gasteiger partial charge in [0, 0.05) is 17.5 Å². The molecule has 24 heavy (non-hydrogen) atoms. The second-order valence-corrected chi connectivity index (χ2v) is 7.46. The van der Waals surface area contributed by atoms with E-state index in [1.165, 1.54) is 4.57 Å². The Morgan fingerprint density at radius 1 is 1.33 bits per heavy atom. The van der Waals surface area contributed by atoms with Crippen LogP contribution in [0.3, 0.4) is 0 Å². The number of carbonyl (C=O) groups is 1. The number of aromatic nitrogens is 1. The van der Waals surface area contributed by atoms with E-state index in [1.807, 2.05) is 13.0 Å². The topological polar surface area (TPSA) is 77.4 Å². The maximum atomic E-state index is 12.2. The molecule has 0 amide bonds. The number of aryl methyl sites for hydroxylation is 1. The maximum Gasteiger partial charge on any atom is 0.418 e. The number of benzene rings is 1. The van der Waals surface area contributed by atoms with Gasteiger partial charge in [-0.15, -0.1) is 11.6 Å². The number of sulfonamides is 1. The van der Waals surface area contributed by atoms with Crippen molar-refractivity contribution in [3.63, 3.8) is 0 Å². The Morgan fingerprint density at radius 2 is 2.08 bits per heavy atom. The van der Waals surface area contributed by atoms with E-state index in [1.54, 1.807) is 25.3 Å². The number of nitrogens with zero attached hydrogens (tertiary/aromatic N) is 1. The van der Waals surface area contributed by atoms with Crippen LogP contribution in [-0.4, -0.2) is 37.3 Å². The second-order valence-electron chi connectivity index (χ2n) is 5.24. The minimum absolute atomic E-state index is 0.0758. The summed E-state index contributed by atoms with van der Waals surface area (Å²) in [5, 5.41) is 0.822. The van der Waals surface area contributed by atoms with E-state index in [9.17, 15) is 13.2 Å². The Labute approximate surface area is 146 Å². The first-order chi connectivity index (χ1) is 11.4. The molecule has 6 nitrogen and oxygen atoms in total. The van der Waals surface area contributed by atoms with Gasteiger partial charge < -0.3 is 4.74 Å². The normalized spacial score (nSPS) is 11.6. The lowest BCUT2D eigenvalue weighted by Gasteiger charge is -2.11. The van der Waals surface area contributed by atoms with Gasteiger partial charge in [-0.3, -0.25) is 9.29 Å². The van der Waals surface area contributed by atoms with Crippen molar-refractivity contribution in [1.29, 1.82) is 0 Å². The molecule has 0 aliphatic rings. The number of fused-ring (bicyclic) bond motifs is 1. The molecule has 0 fully saturated rings. The van der Waals surface area contributed by atoms with Gasteiger partial charge in [-0.25, -0.2) is 13.2 Å². The fourth-order valence-corrected chi connectivity index (χ4v) is 3.93. The molecule has 0 radical (unpaired) electrons. The molecule has 0 saturated carbocycles. The molecule has 1 aromatic carbocycles. The Balaban J connectivity index is 2.54. The fraction of sp³-hybridized carbons (Fsp3) is 0.438. The predicted molar refractivity (Wildman–Crippen MR) is 96.5 cm³/mol. The third-order valence-electron chi connectivity index (χ3n) is 3.57. The number of hydrogen-bond donors (Lipinski definition) is 1. The maximum absolute atomic E-state index is 12.2. The van der Waals surface area contributed by atoms with E-state index < -0.39 is 16.1 Å². The molecule has 0 aliphatic carbocycles. The molecule has 1 heterocycles. The van der Waals surface area contributed by atoms with Gasteiger partial charge in [0.05, 0.1) is 23.6 Å². The highest BCUT2D eigenvalue weighted by molar-refractivity contribution is 7.92. The van der Waals surface area contributed by atoms with E-state index in [2.05, 4.69) is 4.72 Å². The fourth-order valence-electron chi connectivity index (χ4n) is 2.52. The summed E-state index contributed by atoms with van der Waals surface area (Å²) in [5.41, 5.74) is 1.80. The number of ether oxygens (including phenoxy) is 1. The molecular formula is C16H21ClN2O4S. The van der Waals surface area contributed by atoms with Crippen molar-refractivity contribution in [3.05, 3.63) is 30.0 Å². The third kappa shape index (κ3) is 4.02. The van der Waals surface area contributed by atoms with Crippen molar-refractivity contribution in [2.75, 3.05) is 23.0 Å². The summed E-state index contributed by atoms with van der Waals surface area (Å²) in [6.07, 6.45) is 2.23. The van der Waals surface area contributed by atoms with E-state index >= 15 is 0 Å². The number of halogens is 1.